The van der Waals surface area contributed by atoms with E-state index in [9.17, 15) is 0 Å². The molecule has 98 valence electrons. The molecule has 0 bridgehead atoms. The zero-order valence-electron chi connectivity index (χ0n) is 12.2. The van der Waals surface area contributed by atoms with Crippen molar-refractivity contribution >= 4 is 11.4 Å². The predicted molar refractivity (Wildman–Crippen MR) is 84.5 cm³/mol. The molecule has 0 saturated carbocycles. The third-order valence-electron chi connectivity index (χ3n) is 3.66. The molecule has 0 aliphatic carbocycles. The maximum absolute atomic E-state index is 4.13. The van der Waals surface area contributed by atoms with Gasteiger partial charge < -0.3 is 5.32 Å². The van der Waals surface area contributed by atoms with Crippen LogP contribution in [0, 0.1) is 27.7 Å². The van der Waals surface area contributed by atoms with Gasteiger partial charge in [0.05, 0.1) is 0 Å². The first-order chi connectivity index (χ1) is 8.97. The van der Waals surface area contributed by atoms with Crippen LogP contribution in [0.15, 0.2) is 43.0 Å². The number of hydrogen-bond acceptors (Lipinski definition) is 1. The second-order valence-corrected chi connectivity index (χ2v) is 5.20. The van der Waals surface area contributed by atoms with Crippen molar-refractivity contribution in [3.63, 3.8) is 0 Å². The Kier molecular flexibility index (Phi) is 3.75. The summed E-state index contributed by atoms with van der Waals surface area (Å²) in [4.78, 5) is 0. The van der Waals surface area contributed by atoms with Gasteiger partial charge in [0, 0.05) is 11.4 Å². The van der Waals surface area contributed by atoms with Gasteiger partial charge >= 0.3 is 0 Å². The molecule has 19 heavy (non-hydrogen) atoms. The molecular weight excluding hydrogens is 230 g/mol. The van der Waals surface area contributed by atoms with Gasteiger partial charge in [0.1, 0.15) is 0 Å². The zero-order valence-corrected chi connectivity index (χ0v) is 12.2. The van der Waals surface area contributed by atoms with Crippen LogP contribution >= 0.6 is 0 Å². The van der Waals surface area contributed by atoms with Gasteiger partial charge in [-0.2, -0.15) is 0 Å². The number of nitrogens with one attached hydrogen (secondary N) is 1. The molecule has 1 nitrogen and oxygen atoms in total. The largest absolute Gasteiger partial charge is 0.356 e. The van der Waals surface area contributed by atoms with Crippen LogP contribution in [0.25, 0.3) is 5.70 Å². The van der Waals surface area contributed by atoms with Gasteiger partial charge in [0.15, 0.2) is 0 Å². The lowest BCUT2D eigenvalue weighted by Crippen LogP contribution is -1.99. The number of aryl methyl sites for hydroxylation is 4. The Labute approximate surface area is 116 Å². The lowest BCUT2D eigenvalue weighted by molar-refractivity contribution is 1.32. The Bertz CT molecular complexity index is 624. The monoisotopic (exact) mass is 251 g/mol. The molecule has 2 rings (SSSR count). The van der Waals surface area contributed by atoms with Crippen LogP contribution in [0.1, 0.15) is 27.8 Å². The van der Waals surface area contributed by atoms with Crippen molar-refractivity contribution in [2.45, 2.75) is 27.7 Å². The van der Waals surface area contributed by atoms with Crippen LogP contribution in [-0.2, 0) is 0 Å². The maximum Gasteiger partial charge on any atom is 0.0387 e. The van der Waals surface area contributed by atoms with E-state index in [1.54, 1.807) is 0 Å². The molecule has 0 radical (unpaired) electrons. The topological polar surface area (TPSA) is 12.0 Å². The summed E-state index contributed by atoms with van der Waals surface area (Å²) in [5.41, 5.74) is 8.36. The average Bonchev–Trinajstić information content (AvgIpc) is 2.37. The second kappa shape index (κ2) is 5.31. The standard InChI is InChI=1S/C18H21N/c1-12-6-8-17(10-14(12)3)16(5)19-18-9-7-13(2)15(4)11-18/h6-11,19H,5H2,1-4H3. The Balaban J connectivity index is 2.20. The highest BCUT2D eigenvalue weighted by atomic mass is 14.9. The third kappa shape index (κ3) is 3.05. The van der Waals surface area contributed by atoms with Crippen LogP contribution in [-0.4, -0.2) is 0 Å². The van der Waals surface area contributed by atoms with Crippen molar-refractivity contribution in [1.29, 1.82) is 0 Å². The summed E-state index contributed by atoms with van der Waals surface area (Å²) in [6, 6.07) is 12.8. The second-order valence-electron chi connectivity index (χ2n) is 5.20. The van der Waals surface area contributed by atoms with Gasteiger partial charge in [0.25, 0.3) is 0 Å². The van der Waals surface area contributed by atoms with E-state index in [0.717, 1.165) is 16.9 Å². The smallest absolute Gasteiger partial charge is 0.0387 e. The van der Waals surface area contributed by atoms with Crippen molar-refractivity contribution in [3.05, 3.63) is 70.8 Å². The van der Waals surface area contributed by atoms with E-state index in [2.05, 4.69) is 76.0 Å². The van der Waals surface area contributed by atoms with Gasteiger partial charge in [-0.1, -0.05) is 24.8 Å². The first kappa shape index (κ1) is 13.4. The van der Waals surface area contributed by atoms with Gasteiger partial charge in [0.2, 0.25) is 0 Å². The summed E-state index contributed by atoms with van der Waals surface area (Å²) in [5.74, 6) is 0. The van der Waals surface area contributed by atoms with Crippen LogP contribution in [0.5, 0.6) is 0 Å². The summed E-state index contributed by atoms with van der Waals surface area (Å²) in [5, 5.41) is 3.38. The van der Waals surface area contributed by atoms with E-state index < -0.39 is 0 Å². The van der Waals surface area contributed by atoms with E-state index in [4.69, 9.17) is 0 Å². The van der Waals surface area contributed by atoms with E-state index in [-0.39, 0.29) is 0 Å². The average molecular weight is 251 g/mol. The Morgan fingerprint density at radius 3 is 1.95 bits per heavy atom. The minimum Gasteiger partial charge on any atom is -0.356 e. The van der Waals surface area contributed by atoms with Crippen molar-refractivity contribution in [3.8, 4) is 0 Å². The summed E-state index contributed by atoms with van der Waals surface area (Å²) in [6.45, 7) is 12.6. The van der Waals surface area contributed by atoms with Crippen molar-refractivity contribution in [2.75, 3.05) is 5.32 Å². The molecule has 1 heteroatoms. The summed E-state index contributed by atoms with van der Waals surface area (Å²) in [7, 11) is 0. The number of hydrogen-bond donors (Lipinski definition) is 1. The molecule has 0 unspecified atom stereocenters. The Morgan fingerprint density at radius 2 is 1.37 bits per heavy atom. The zero-order chi connectivity index (χ0) is 14.0. The number of anilines is 1. The number of rotatable bonds is 3. The minimum absolute atomic E-state index is 0.936. The quantitative estimate of drug-likeness (QED) is 0.809. The lowest BCUT2D eigenvalue weighted by Gasteiger charge is -2.12. The molecule has 0 aliphatic rings. The highest BCUT2D eigenvalue weighted by molar-refractivity contribution is 5.76. The molecule has 2 aromatic rings. The van der Waals surface area contributed by atoms with Crippen molar-refractivity contribution in [1.82, 2.24) is 0 Å². The van der Waals surface area contributed by atoms with Gasteiger partial charge in [-0.15, -0.1) is 0 Å². The molecule has 0 aliphatic heterocycles. The molecule has 2 aromatic carbocycles. The van der Waals surface area contributed by atoms with E-state index in [1.807, 2.05) is 0 Å². The molecule has 0 saturated heterocycles. The molecule has 1 N–H and O–H groups in total. The fraction of sp³-hybridized carbons (Fsp3) is 0.222. The first-order valence-electron chi connectivity index (χ1n) is 6.58. The maximum atomic E-state index is 4.13. The summed E-state index contributed by atoms with van der Waals surface area (Å²) < 4.78 is 0. The van der Waals surface area contributed by atoms with E-state index >= 15 is 0 Å². The molecule has 0 amide bonds. The fourth-order valence-corrected chi connectivity index (χ4v) is 1.99. The van der Waals surface area contributed by atoms with E-state index in [1.165, 1.54) is 22.3 Å². The Hall–Kier alpha value is -2.02. The molecular formula is C18H21N. The van der Waals surface area contributed by atoms with Gasteiger partial charge in [-0.3, -0.25) is 0 Å². The normalized spacial score (nSPS) is 10.3. The van der Waals surface area contributed by atoms with Gasteiger partial charge in [-0.25, -0.2) is 0 Å². The summed E-state index contributed by atoms with van der Waals surface area (Å²) >= 11 is 0. The molecule has 0 heterocycles. The van der Waals surface area contributed by atoms with Crippen LogP contribution in [0.2, 0.25) is 0 Å². The highest BCUT2D eigenvalue weighted by Gasteiger charge is 2.02. The lowest BCUT2D eigenvalue weighted by atomic mass is 10.0. The number of benzene rings is 2. The van der Waals surface area contributed by atoms with Gasteiger partial charge in [-0.05, 0) is 73.7 Å². The van der Waals surface area contributed by atoms with Crippen LogP contribution < -0.4 is 5.32 Å². The van der Waals surface area contributed by atoms with Crippen LogP contribution in [0.3, 0.4) is 0 Å². The molecule has 0 spiro atoms. The van der Waals surface area contributed by atoms with Crippen LogP contribution in [0.4, 0.5) is 5.69 Å². The highest BCUT2D eigenvalue weighted by Crippen LogP contribution is 2.21. The van der Waals surface area contributed by atoms with Crippen molar-refractivity contribution < 1.29 is 0 Å². The van der Waals surface area contributed by atoms with E-state index in [0.29, 0.717) is 0 Å². The summed E-state index contributed by atoms with van der Waals surface area (Å²) in [6.07, 6.45) is 0. The molecule has 0 aromatic heterocycles. The van der Waals surface area contributed by atoms with Crippen molar-refractivity contribution in [2.24, 2.45) is 0 Å². The minimum atomic E-state index is 0.936. The fourth-order valence-electron chi connectivity index (χ4n) is 1.99. The predicted octanol–water partition coefficient (Wildman–Crippen LogP) is 5.00. The molecule has 0 fully saturated rings. The first-order valence-corrected chi connectivity index (χ1v) is 6.58. The SMILES string of the molecule is C=C(Nc1ccc(C)c(C)c1)c1ccc(C)c(C)c1. The third-order valence-corrected chi connectivity index (χ3v) is 3.66. The Morgan fingerprint density at radius 1 is 0.789 bits per heavy atom. The molecule has 0 atom stereocenters.